The van der Waals surface area contributed by atoms with E-state index in [2.05, 4.69) is 20.4 Å². The number of hydrogen-bond donors (Lipinski definition) is 2. The molecule has 2 heterocycles. The van der Waals surface area contributed by atoms with Gasteiger partial charge >= 0.3 is 0 Å². The summed E-state index contributed by atoms with van der Waals surface area (Å²) in [7, 11) is 0. The topological polar surface area (TPSA) is 101 Å². The molecule has 0 unspecified atom stereocenters. The number of nitrogens with one attached hydrogen (secondary N) is 1. The first kappa shape index (κ1) is 8.45. The Bertz CT molecular complexity index is 446. The molecule has 0 saturated heterocycles. The van der Waals surface area contributed by atoms with Crippen LogP contribution >= 0.6 is 0 Å². The Labute approximate surface area is 78.1 Å². The van der Waals surface area contributed by atoms with Gasteiger partial charge in [-0.2, -0.15) is 0 Å². The lowest BCUT2D eigenvalue weighted by Crippen LogP contribution is -2.19. The van der Waals surface area contributed by atoms with Gasteiger partial charge < -0.3 is 0 Å². The third-order valence-electron chi connectivity index (χ3n) is 1.68. The molecule has 0 aliphatic carbocycles. The number of carbonyl (C=O) groups excluding carboxylic acids is 1. The van der Waals surface area contributed by atoms with Gasteiger partial charge in [0.25, 0.3) is 5.91 Å². The zero-order valence-corrected chi connectivity index (χ0v) is 6.88. The number of fused-ring (bicyclic) bond motifs is 1. The summed E-state index contributed by atoms with van der Waals surface area (Å²) in [6, 6.07) is 1.55. The van der Waals surface area contributed by atoms with Crippen molar-refractivity contribution in [3.63, 3.8) is 0 Å². The molecule has 0 spiro atoms. The van der Waals surface area contributed by atoms with Gasteiger partial charge in [0.05, 0.1) is 12.4 Å². The number of amides is 1. The quantitative estimate of drug-likeness (QED) is 0.465. The summed E-state index contributed by atoms with van der Waals surface area (Å²) < 4.78 is 0. The third kappa shape index (κ3) is 1.25. The molecule has 2 N–H and O–H groups in total. The van der Waals surface area contributed by atoms with E-state index in [4.69, 9.17) is 5.21 Å². The van der Waals surface area contributed by atoms with E-state index in [9.17, 15) is 4.79 Å². The van der Waals surface area contributed by atoms with E-state index in [1.54, 1.807) is 6.07 Å². The highest BCUT2D eigenvalue weighted by Crippen LogP contribution is 2.20. The molecule has 7 nitrogen and oxygen atoms in total. The highest BCUT2D eigenvalue weighted by molar-refractivity contribution is 5.98. The van der Waals surface area contributed by atoms with Crippen molar-refractivity contribution in [2.75, 3.05) is 0 Å². The zero-order chi connectivity index (χ0) is 9.97. The van der Waals surface area contributed by atoms with Crippen LogP contribution in [0.15, 0.2) is 18.5 Å². The molecule has 0 saturated carbocycles. The van der Waals surface area contributed by atoms with Crippen LogP contribution in [0, 0.1) is 0 Å². The van der Waals surface area contributed by atoms with Crippen molar-refractivity contribution in [2.24, 2.45) is 0 Å². The fraction of sp³-hybridized carbons (Fsp3) is 0. The van der Waals surface area contributed by atoms with Gasteiger partial charge in [0.2, 0.25) is 0 Å². The summed E-state index contributed by atoms with van der Waals surface area (Å²) in [5.41, 5.74) is 2.53. The molecule has 0 bridgehead atoms. The first-order valence-corrected chi connectivity index (χ1v) is 3.70. The van der Waals surface area contributed by atoms with Crippen LogP contribution in [-0.2, 0) is 0 Å². The summed E-state index contributed by atoms with van der Waals surface area (Å²) in [5.74, 6) is -0.687. The van der Waals surface area contributed by atoms with Crippen LogP contribution in [0.3, 0.4) is 0 Å². The van der Waals surface area contributed by atoms with Crippen molar-refractivity contribution >= 4 is 5.91 Å². The highest BCUT2D eigenvalue weighted by atomic mass is 16.5. The zero-order valence-electron chi connectivity index (χ0n) is 6.88. The molecule has 1 amide bonds. The van der Waals surface area contributed by atoms with E-state index in [1.807, 2.05) is 0 Å². The lowest BCUT2D eigenvalue weighted by molar-refractivity contribution is 0.0702. The Kier molecular flexibility index (Phi) is 1.99. The van der Waals surface area contributed by atoms with Crippen molar-refractivity contribution in [2.45, 2.75) is 0 Å². The molecule has 0 atom stereocenters. The van der Waals surface area contributed by atoms with E-state index in [-0.39, 0.29) is 5.69 Å². The number of carbonyl (C=O) groups is 1. The van der Waals surface area contributed by atoms with Gasteiger partial charge in [-0.3, -0.25) is 10.0 Å². The first-order valence-electron chi connectivity index (χ1n) is 3.70. The van der Waals surface area contributed by atoms with E-state index in [1.165, 1.54) is 17.9 Å². The SMILES string of the molecule is O=C(NO)c1ncc2nnnccc1-2. The smallest absolute Gasteiger partial charge is 0.288 e. The van der Waals surface area contributed by atoms with Gasteiger partial charge in [-0.1, -0.05) is 0 Å². The molecule has 70 valence electrons. The van der Waals surface area contributed by atoms with Crippen LogP contribution in [0.25, 0.3) is 11.3 Å². The number of hydroxylamine groups is 1. The van der Waals surface area contributed by atoms with Crippen molar-refractivity contribution < 1.29 is 10.0 Å². The Morgan fingerprint density at radius 2 is 2.36 bits per heavy atom. The molecule has 0 aromatic rings. The Balaban J connectivity index is 2.58. The highest BCUT2D eigenvalue weighted by Gasteiger charge is 2.17. The maximum atomic E-state index is 11.1. The lowest BCUT2D eigenvalue weighted by Gasteiger charge is -1.94. The molecule has 7 heteroatoms. The second kappa shape index (κ2) is 3.30. The van der Waals surface area contributed by atoms with Gasteiger partial charge in [0, 0.05) is 5.56 Å². The van der Waals surface area contributed by atoms with Crippen LogP contribution in [-0.4, -0.2) is 31.5 Å². The van der Waals surface area contributed by atoms with E-state index < -0.39 is 5.91 Å². The van der Waals surface area contributed by atoms with Gasteiger partial charge in [0.1, 0.15) is 11.4 Å². The number of rotatable bonds is 1. The van der Waals surface area contributed by atoms with Crippen molar-refractivity contribution in [1.82, 2.24) is 25.9 Å². The summed E-state index contributed by atoms with van der Waals surface area (Å²) >= 11 is 0. The number of aromatic nitrogens is 4. The molecule has 0 aromatic heterocycles. The predicted octanol–water partition coefficient (Wildman–Crippen LogP) is -0.510. The summed E-state index contributed by atoms with van der Waals surface area (Å²) in [4.78, 5) is 14.9. The lowest BCUT2D eigenvalue weighted by atomic mass is 10.2. The molecular formula is C7H5N5O2. The minimum Gasteiger partial charge on any atom is -0.288 e. The van der Waals surface area contributed by atoms with E-state index in [0.29, 0.717) is 11.3 Å². The molecule has 2 aliphatic heterocycles. The first-order chi connectivity index (χ1) is 6.83. The van der Waals surface area contributed by atoms with Crippen LogP contribution in [0.4, 0.5) is 0 Å². The molecule has 2 rings (SSSR count). The average molecular weight is 191 g/mol. The second-order valence-corrected chi connectivity index (χ2v) is 2.47. The van der Waals surface area contributed by atoms with Gasteiger partial charge in [-0.05, 0) is 11.3 Å². The van der Waals surface area contributed by atoms with E-state index >= 15 is 0 Å². The standard InChI is InChI=1S/C7H5N5O2/c13-7(11-14)6-4-1-2-9-12-10-5(4)3-8-6/h1-3,14H,(H,11,13). The molecule has 2 aliphatic rings. The molecular weight excluding hydrogens is 186 g/mol. The Hall–Kier alpha value is -2.15. The van der Waals surface area contributed by atoms with Gasteiger partial charge in [-0.15, -0.1) is 10.2 Å². The Morgan fingerprint density at radius 1 is 1.50 bits per heavy atom. The van der Waals surface area contributed by atoms with Crippen LogP contribution < -0.4 is 5.48 Å². The minimum absolute atomic E-state index is 0.0924. The van der Waals surface area contributed by atoms with E-state index in [0.717, 1.165) is 0 Å². The fourth-order valence-electron chi connectivity index (χ4n) is 1.08. The summed E-state index contributed by atoms with van der Waals surface area (Å²) in [6.07, 6.45) is 2.78. The van der Waals surface area contributed by atoms with Crippen LogP contribution in [0.1, 0.15) is 10.5 Å². The minimum atomic E-state index is -0.687. The normalized spacial score (nSPS) is 10.1. The third-order valence-corrected chi connectivity index (χ3v) is 1.68. The molecule has 0 radical (unpaired) electrons. The monoisotopic (exact) mass is 191 g/mol. The summed E-state index contributed by atoms with van der Waals surface area (Å²) in [6.45, 7) is 0. The largest absolute Gasteiger partial charge is 0.293 e. The number of nitrogens with zero attached hydrogens (tertiary/aromatic N) is 4. The van der Waals surface area contributed by atoms with Gasteiger partial charge in [0.15, 0.2) is 0 Å². The molecule has 0 fully saturated rings. The van der Waals surface area contributed by atoms with Crippen molar-refractivity contribution in [3.8, 4) is 11.3 Å². The Morgan fingerprint density at radius 3 is 3.14 bits per heavy atom. The maximum absolute atomic E-state index is 11.1. The van der Waals surface area contributed by atoms with Gasteiger partial charge in [-0.25, -0.2) is 10.5 Å². The predicted molar refractivity (Wildman–Crippen MR) is 43.5 cm³/mol. The molecule has 0 aromatic carbocycles. The maximum Gasteiger partial charge on any atom is 0.293 e. The second-order valence-electron chi connectivity index (χ2n) is 2.47. The van der Waals surface area contributed by atoms with Crippen LogP contribution in [0.2, 0.25) is 0 Å². The average Bonchev–Trinajstić information content (AvgIpc) is 2.46. The molecule has 14 heavy (non-hydrogen) atoms. The number of hydrogen-bond acceptors (Lipinski definition) is 6. The fourth-order valence-corrected chi connectivity index (χ4v) is 1.08. The van der Waals surface area contributed by atoms with Crippen molar-refractivity contribution in [3.05, 3.63) is 24.2 Å². The van der Waals surface area contributed by atoms with Crippen LogP contribution in [0.5, 0.6) is 0 Å². The van der Waals surface area contributed by atoms with Crippen molar-refractivity contribution in [1.29, 1.82) is 0 Å². The summed E-state index contributed by atoms with van der Waals surface area (Å²) in [5, 5.41) is 19.1.